The molecule has 1 aromatic carbocycles. The maximum Gasteiger partial charge on any atom is 0.322 e. The summed E-state index contributed by atoms with van der Waals surface area (Å²) in [7, 11) is -4.00. The van der Waals surface area contributed by atoms with Crippen LogP contribution in [-0.4, -0.2) is 47.6 Å². The molecule has 2 atom stereocenters. The van der Waals surface area contributed by atoms with Crippen LogP contribution in [-0.2, 0) is 14.8 Å². The Morgan fingerprint density at radius 3 is 2.60 bits per heavy atom. The average molecular weight is 429 g/mol. The topological polar surface area (TPSA) is 94.9 Å². The smallest absolute Gasteiger partial charge is 0.322 e. The van der Waals surface area contributed by atoms with E-state index in [9.17, 15) is 18.3 Å². The van der Waals surface area contributed by atoms with Gasteiger partial charge < -0.3 is 10.2 Å². The monoisotopic (exact) mass is 427 g/mol. The van der Waals surface area contributed by atoms with Gasteiger partial charge in [-0.15, -0.1) is 0 Å². The first-order valence-corrected chi connectivity index (χ1v) is 8.64. The van der Waals surface area contributed by atoms with Gasteiger partial charge in [0.25, 0.3) is 0 Å². The fourth-order valence-electron chi connectivity index (χ4n) is 2.08. The lowest BCUT2D eigenvalue weighted by atomic mass is 10.2. The predicted molar refractivity (Wildman–Crippen MR) is 77.8 cm³/mol. The third-order valence-corrected chi connectivity index (χ3v) is 6.36. The van der Waals surface area contributed by atoms with Gasteiger partial charge in [0.05, 0.1) is 11.0 Å². The lowest BCUT2D eigenvalue weighted by Gasteiger charge is -2.21. The Labute approximate surface area is 132 Å². The molecule has 0 bridgehead atoms. The summed E-state index contributed by atoms with van der Waals surface area (Å²) in [5.41, 5.74) is 0. The van der Waals surface area contributed by atoms with Crippen molar-refractivity contribution in [3.05, 3.63) is 27.1 Å². The highest BCUT2D eigenvalue weighted by Crippen LogP contribution is 2.32. The third-order valence-electron chi connectivity index (χ3n) is 3.00. The Kier molecular flexibility index (Phi) is 4.55. The number of carboxylic acid groups (broad SMARTS) is 1. The van der Waals surface area contributed by atoms with Gasteiger partial charge in [-0.05, 0) is 34.1 Å². The molecule has 110 valence electrons. The molecule has 9 heteroatoms. The Morgan fingerprint density at radius 1 is 1.35 bits per heavy atom. The van der Waals surface area contributed by atoms with Gasteiger partial charge in [-0.2, -0.15) is 4.31 Å². The SMILES string of the molecule is O=C(O)[C@@H]1C[C@@H](O)CN1S(=O)(=O)c1cc(Br)ccc1Br. The van der Waals surface area contributed by atoms with Crippen molar-refractivity contribution in [3.8, 4) is 0 Å². The first kappa shape index (κ1) is 15.9. The molecule has 0 saturated carbocycles. The van der Waals surface area contributed by atoms with Gasteiger partial charge in [-0.1, -0.05) is 15.9 Å². The number of sulfonamides is 1. The summed E-state index contributed by atoms with van der Waals surface area (Å²) in [4.78, 5) is 11.1. The van der Waals surface area contributed by atoms with Crippen LogP contribution < -0.4 is 0 Å². The van der Waals surface area contributed by atoms with Gasteiger partial charge in [0.1, 0.15) is 6.04 Å². The standard InChI is InChI=1S/C11H11Br2NO5S/c12-6-1-2-8(13)10(3-6)20(18,19)14-5-7(15)4-9(14)11(16)17/h1-3,7,9,15H,4-5H2,(H,16,17)/t7-,9+/m1/s1. The molecule has 1 aliphatic rings. The number of aliphatic carboxylic acids is 1. The highest BCUT2D eigenvalue weighted by Gasteiger charge is 2.44. The van der Waals surface area contributed by atoms with Crippen molar-refractivity contribution in [3.63, 3.8) is 0 Å². The van der Waals surface area contributed by atoms with Crippen LogP contribution in [0.1, 0.15) is 6.42 Å². The molecule has 20 heavy (non-hydrogen) atoms. The largest absolute Gasteiger partial charge is 0.480 e. The normalized spacial score (nSPS) is 23.9. The first-order chi connectivity index (χ1) is 9.23. The zero-order chi connectivity index (χ0) is 15.1. The second kappa shape index (κ2) is 5.72. The molecule has 2 rings (SSSR count). The lowest BCUT2D eigenvalue weighted by Crippen LogP contribution is -2.40. The molecule has 0 aromatic heterocycles. The van der Waals surface area contributed by atoms with Crippen molar-refractivity contribution in [1.29, 1.82) is 0 Å². The quantitative estimate of drug-likeness (QED) is 0.759. The highest BCUT2D eigenvalue weighted by atomic mass is 79.9. The van der Waals surface area contributed by atoms with E-state index in [-0.39, 0.29) is 17.9 Å². The highest BCUT2D eigenvalue weighted by molar-refractivity contribution is 9.11. The van der Waals surface area contributed by atoms with Gasteiger partial charge in [-0.3, -0.25) is 4.79 Å². The van der Waals surface area contributed by atoms with E-state index < -0.39 is 28.1 Å². The summed E-state index contributed by atoms with van der Waals surface area (Å²) in [6.07, 6.45) is -1.09. The maximum atomic E-state index is 12.6. The van der Waals surface area contributed by atoms with Crippen LogP contribution in [0.2, 0.25) is 0 Å². The Balaban J connectivity index is 2.49. The average Bonchev–Trinajstić information content (AvgIpc) is 2.75. The van der Waals surface area contributed by atoms with Gasteiger partial charge in [-0.25, -0.2) is 8.42 Å². The number of hydrogen-bond acceptors (Lipinski definition) is 4. The molecule has 1 saturated heterocycles. The summed E-state index contributed by atoms with van der Waals surface area (Å²) >= 11 is 6.33. The van der Waals surface area contributed by atoms with Gasteiger partial charge in [0.2, 0.25) is 10.0 Å². The van der Waals surface area contributed by atoms with Crippen molar-refractivity contribution in [2.24, 2.45) is 0 Å². The first-order valence-electron chi connectivity index (χ1n) is 5.61. The van der Waals surface area contributed by atoms with Crippen molar-refractivity contribution in [2.75, 3.05) is 6.54 Å². The Bertz CT molecular complexity index is 648. The van der Waals surface area contributed by atoms with Gasteiger partial charge in [0, 0.05) is 21.9 Å². The zero-order valence-corrected chi connectivity index (χ0v) is 14.0. The number of hydrogen-bond donors (Lipinski definition) is 2. The fourth-order valence-corrected chi connectivity index (χ4v) is 5.17. The number of carbonyl (C=O) groups is 1. The summed E-state index contributed by atoms with van der Waals surface area (Å²) in [5, 5.41) is 18.7. The minimum atomic E-state index is -4.00. The van der Waals surface area contributed by atoms with Crippen LogP contribution >= 0.6 is 31.9 Å². The molecule has 1 aromatic rings. The molecule has 0 aliphatic carbocycles. The maximum absolute atomic E-state index is 12.6. The minimum absolute atomic E-state index is 0.0350. The van der Waals surface area contributed by atoms with Crippen LogP contribution in [0, 0.1) is 0 Å². The number of carboxylic acids is 1. The number of halogens is 2. The fraction of sp³-hybridized carbons (Fsp3) is 0.364. The number of benzene rings is 1. The summed E-state index contributed by atoms with van der Waals surface area (Å²) in [6.45, 7) is -0.224. The van der Waals surface area contributed by atoms with Crippen LogP contribution in [0.5, 0.6) is 0 Å². The third kappa shape index (κ3) is 2.91. The minimum Gasteiger partial charge on any atom is -0.480 e. The van der Waals surface area contributed by atoms with E-state index in [4.69, 9.17) is 5.11 Å². The zero-order valence-electron chi connectivity index (χ0n) is 10.0. The molecule has 1 fully saturated rings. The molecule has 0 radical (unpaired) electrons. The number of rotatable bonds is 3. The molecular formula is C11H11Br2NO5S. The Morgan fingerprint density at radius 2 is 2.00 bits per heavy atom. The lowest BCUT2D eigenvalue weighted by molar-refractivity contribution is -0.140. The summed E-state index contributed by atoms with van der Waals surface area (Å²) < 4.78 is 26.9. The van der Waals surface area contributed by atoms with Crippen LogP contribution in [0.25, 0.3) is 0 Å². The van der Waals surface area contributed by atoms with E-state index in [1.165, 1.54) is 6.07 Å². The number of aliphatic hydroxyl groups is 1. The van der Waals surface area contributed by atoms with Crippen LogP contribution in [0.3, 0.4) is 0 Å². The number of nitrogens with zero attached hydrogens (tertiary/aromatic N) is 1. The molecular weight excluding hydrogens is 418 g/mol. The van der Waals surface area contributed by atoms with Crippen LogP contribution in [0.4, 0.5) is 0 Å². The van der Waals surface area contributed by atoms with E-state index in [2.05, 4.69) is 31.9 Å². The van der Waals surface area contributed by atoms with Crippen LogP contribution in [0.15, 0.2) is 32.0 Å². The van der Waals surface area contributed by atoms with E-state index in [1.807, 2.05) is 0 Å². The Hall–Kier alpha value is -0.480. The summed E-state index contributed by atoms with van der Waals surface area (Å²) in [5.74, 6) is -1.27. The number of aliphatic hydroxyl groups excluding tert-OH is 1. The van der Waals surface area contributed by atoms with Crippen molar-refractivity contribution in [1.82, 2.24) is 4.31 Å². The van der Waals surface area contributed by atoms with Crippen molar-refractivity contribution >= 4 is 47.9 Å². The van der Waals surface area contributed by atoms with E-state index in [0.717, 1.165) is 4.31 Å². The van der Waals surface area contributed by atoms with E-state index in [0.29, 0.717) is 8.95 Å². The predicted octanol–water partition coefficient (Wildman–Crippen LogP) is 1.42. The number of β-amino-alcohol motifs (C(OH)–C–C–N with tert-alkyl or cyclic N) is 1. The van der Waals surface area contributed by atoms with Crippen molar-refractivity contribution in [2.45, 2.75) is 23.5 Å². The van der Waals surface area contributed by atoms with Gasteiger partial charge >= 0.3 is 5.97 Å². The van der Waals surface area contributed by atoms with Gasteiger partial charge in [0.15, 0.2) is 0 Å². The van der Waals surface area contributed by atoms with E-state index >= 15 is 0 Å². The molecule has 6 nitrogen and oxygen atoms in total. The molecule has 1 heterocycles. The van der Waals surface area contributed by atoms with E-state index in [1.54, 1.807) is 12.1 Å². The molecule has 0 amide bonds. The summed E-state index contributed by atoms with van der Waals surface area (Å²) in [6, 6.07) is 3.36. The molecule has 2 N–H and O–H groups in total. The molecule has 1 aliphatic heterocycles. The molecule has 0 spiro atoms. The second-order valence-corrected chi connectivity index (χ2v) is 8.02. The van der Waals surface area contributed by atoms with Crippen molar-refractivity contribution < 1.29 is 23.4 Å². The second-order valence-electron chi connectivity index (χ2n) is 4.39. The molecule has 0 unspecified atom stereocenters.